The van der Waals surface area contributed by atoms with Crippen molar-refractivity contribution in [3.8, 4) is 0 Å². The molecule has 1 aromatic heterocycles. The molecule has 3 rings (SSSR count). The monoisotopic (exact) mass is 303 g/mol. The molecule has 0 fully saturated rings. The van der Waals surface area contributed by atoms with E-state index in [9.17, 15) is 4.39 Å². The van der Waals surface area contributed by atoms with Gasteiger partial charge in [-0.05, 0) is 81.0 Å². The number of halogens is 1. The van der Waals surface area contributed by atoms with Gasteiger partial charge in [-0.25, -0.2) is 4.39 Å². The van der Waals surface area contributed by atoms with Crippen molar-refractivity contribution in [3.05, 3.63) is 56.5 Å². The quantitative estimate of drug-likeness (QED) is 0.872. The van der Waals surface area contributed by atoms with Crippen molar-refractivity contribution in [3.63, 3.8) is 0 Å². The lowest BCUT2D eigenvalue weighted by atomic mass is 9.97. The van der Waals surface area contributed by atoms with Gasteiger partial charge in [0.15, 0.2) is 0 Å². The Morgan fingerprint density at radius 2 is 2.05 bits per heavy atom. The first-order valence-corrected chi connectivity index (χ1v) is 8.53. The van der Waals surface area contributed by atoms with Gasteiger partial charge in [-0.3, -0.25) is 0 Å². The summed E-state index contributed by atoms with van der Waals surface area (Å²) >= 11 is 1.96. The van der Waals surface area contributed by atoms with Crippen LogP contribution in [-0.2, 0) is 19.3 Å². The largest absolute Gasteiger partial charge is 0.312 e. The second kappa shape index (κ2) is 6.29. The lowest BCUT2D eigenvalue weighted by Crippen LogP contribution is -2.18. The first-order chi connectivity index (χ1) is 10.2. The molecule has 0 aliphatic heterocycles. The van der Waals surface area contributed by atoms with Crippen LogP contribution in [0.25, 0.3) is 0 Å². The molecule has 0 amide bonds. The number of hydrogen-bond acceptors (Lipinski definition) is 2. The minimum atomic E-state index is -0.149. The highest BCUT2D eigenvalue weighted by molar-refractivity contribution is 7.12. The Balaban J connectivity index is 1.83. The van der Waals surface area contributed by atoms with E-state index < -0.39 is 0 Å². The zero-order chi connectivity index (χ0) is 14.8. The van der Waals surface area contributed by atoms with E-state index in [4.69, 9.17) is 0 Å². The topological polar surface area (TPSA) is 12.0 Å². The molecule has 1 heterocycles. The fourth-order valence-electron chi connectivity index (χ4n) is 3.14. The van der Waals surface area contributed by atoms with E-state index in [1.807, 2.05) is 31.4 Å². The Kier molecular flexibility index (Phi) is 4.41. The third kappa shape index (κ3) is 3.19. The molecule has 1 aromatic carbocycles. The Hall–Kier alpha value is -1.19. The first kappa shape index (κ1) is 14.7. The van der Waals surface area contributed by atoms with Crippen molar-refractivity contribution < 1.29 is 4.39 Å². The van der Waals surface area contributed by atoms with Gasteiger partial charge in [0.1, 0.15) is 5.82 Å². The molecule has 0 radical (unpaired) electrons. The SMILES string of the molecule is CNC(Cc1ccc(F)cc1C)c1cc2c(s1)CCCC2. The van der Waals surface area contributed by atoms with Gasteiger partial charge in [-0.15, -0.1) is 11.3 Å². The van der Waals surface area contributed by atoms with Crippen LogP contribution in [0.15, 0.2) is 24.3 Å². The summed E-state index contributed by atoms with van der Waals surface area (Å²) in [5.41, 5.74) is 3.82. The van der Waals surface area contributed by atoms with E-state index in [1.54, 1.807) is 22.6 Å². The molecule has 1 aliphatic carbocycles. The fourth-order valence-corrected chi connectivity index (χ4v) is 4.51. The maximum Gasteiger partial charge on any atom is 0.123 e. The van der Waals surface area contributed by atoms with Crippen LogP contribution >= 0.6 is 11.3 Å². The highest BCUT2D eigenvalue weighted by atomic mass is 32.1. The second-order valence-corrected chi connectivity index (χ2v) is 7.09. The van der Waals surface area contributed by atoms with Gasteiger partial charge in [0.05, 0.1) is 0 Å². The molecule has 0 saturated heterocycles. The van der Waals surface area contributed by atoms with Gasteiger partial charge in [-0.2, -0.15) is 0 Å². The summed E-state index contributed by atoms with van der Waals surface area (Å²) in [5, 5.41) is 3.43. The van der Waals surface area contributed by atoms with E-state index in [0.717, 1.165) is 12.0 Å². The predicted molar refractivity (Wildman–Crippen MR) is 87.6 cm³/mol. The number of thiophene rings is 1. The molecule has 0 saturated carbocycles. The molecule has 2 aromatic rings. The molecule has 1 nitrogen and oxygen atoms in total. The smallest absolute Gasteiger partial charge is 0.123 e. The molecule has 0 spiro atoms. The van der Waals surface area contributed by atoms with Crippen LogP contribution in [0.5, 0.6) is 0 Å². The van der Waals surface area contributed by atoms with Gasteiger partial charge in [0, 0.05) is 15.8 Å². The molecule has 1 unspecified atom stereocenters. The van der Waals surface area contributed by atoms with Crippen LogP contribution in [0.3, 0.4) is 0 Å². The Morgan fingerprint density at radius 1 is 1.24 bits per heavy atom. The van der Waals surface area contributed by atoms with Crippen LogP contribution in [-0.4, -0.2) is 7.05 Å². The van der Waals surface area contributed by atoms with Crippen molar-refractivity contribution in [2.75, 3.05) is 7.05 Å². The van der Waals surface area contributed by atoms with Crippen LogP contribution in [0.2, 0.25) is 0 Å². The number of aryl methyl sites for hydroxylation is 3. The first-order valence-electron chi connectivity index (χ1n) is 7.71. The van der Waals surface area contributed by atoms with Gasteiger partial charge < -0.3 is 5.32 Å². The van der Waals surface area contributed by atoms with Crippen LogP contribution in [0.1, 0.15) is 45.3 Å². The van der Waals surface area contributed by atoms with Crippen LogP contribution < -0.4 is 5.32 Å². The number of nitrogens with one attached hydrogen (secondary N) is 1. The Morgan fingerprint density at radius 3 is 2.76 bits per heavy atom. The average molecular weight is 303 g/mol. The number of likely N-dealkylation sites (N-methyl/N-ethyl adjacent to an activating group) is 1. The van der Waals surface area contributed by atoms with Crippen molar-refractivity contribution in [1.29, 1.82) is 0 Å². The molecule has 3 heteroatoms. The highest BCUT2D eigenvalue weighted by Crippen LogP contribution is 2.34. The average Bonchev–Trinajstić information content (AvgIpc) is 2.90. The number of benzene rings is 1. The molecule has 1 aliphatic rings. The van der Waals surface area contributed by atoms with Gasteiger partial charge >= 0.3 is 0 Å². The third-order valence-corrected chi connectivity index (χ3v) is 5.79. The van der Waals surface area contributed by atoms with E-state index >= 15 is 0 Å². The molecular weight excluding hydrogens is 281 g/mol. The maximum absolute atomic E-state index is 13.2. The normalized spacial score (nSPS) is 15.8. The van der Waals surface area contributed by atoms with Crippen molar-refractivity contribution in [1.82, 2.24) is 5.32 Å². The summed E-state index contributed by atoms with van der Waals surface area (Å²) < 4.78 is 13.2. The van der Waals surface area contributed by atoms with E-state index in [2.05, 4.69) is 11.4 Å². The van der Waals surface area contributed by atoms with Crippen molar-refractivity contribution in [2.24, 2.45) is 0 Å². The summed E-state index contributed by atoms with van der Waals surface area (Å²) in [6.07, 6.45) is 6.05. The van der Waals surface area contributed by atoms with Gasteiger partial charge in [0.2, 0.25) is 0 Å². The molecule has 1 atom stereocenters. The van der Waals surface area contributed by atoms with E-state index in [-0.39, 0.29) is 5.82 Å². The summed E-state index contributed by atoms with van der Waals surface area (Å²) in [7, 11) is 2.02. The lowest BCUT2D eigenvalue weighted by Gasteiger charge is -2.16. The summed E-state index contributed by atoms with van der Waals surface area (Å²) in [6, 6.07) is 7.82. The number of fused-ring (bicyclic) bond motifs is 1. The van der Waals surface area contributed by atoms with Crippen LogP contribution in [0, 0.1) is 12.7 Å². The lowest BCUT2D eigenvalue weighted by molar-refractivity contribution is 0.595. The van der Waals surface area contributed by atoms with Crippen LogP contribution in [0.4, 0.5) is 4.39 Å². The minimum Gasteiger partial charge on any atom is -0.312 e. The minimum absolute atomic E-state index is 0.149. The summed E-state index contributed by atoms with van der Waals surface area (Å²) in [6.45, 7) is 1.99. The molecule has 21 heavy (non-hydrogen) atoms. The third-order valence-electron chi connectivity index (χ3n) is 4.44. The highest BCUT2D eigenvalue weighted by Gasteiger charge is 2.19. The Labute approximate surface area is 130 Å². The zero-order valence-electron chi connectivity index (χ0n) is 12.7. The Bertz CT molecular complexity index is 609. The molecular formula is C18H22FNS. The van der Waals surface area contributed by atoms with Crippen molar-refractivity contribution >= 4 is 11.3 Å². The second-order valence-electron chi connectivity index (χ2n) is 5.92. The predicted octanol–water partition coefficient (Wildman–Crippen LogP) is 4.58. The molecule has 0 bridgehead atoms. The number of rotatable bonds is 4. The summed E-state index contributed by atoms with van der Waals surface area (Å²) in [4.78, 5) is 3.00. The van der Waals surface area contributed by atoms with Gasteiger partial charge in [-0.1, -0.05) is 6.07 Å². The zero-order valence-corrected chi connectivity index (χ0v) is 13.5. The van der Waals surface area contributed by atoms with E-state index in [0.29, 0.717) is 6.04 Å². The standard InChI is InChI=1S/C18H22FNS/c1-12-9-15(19)8-7-13(12)10-16(20-2)18-11-14-5-3-4-6-17(14)21-18/h7-9,11,16,20H,3-6,10H2,1-2H3. The maximum atomic E-state index is 13.2. The molecule has 1 N–H and O–H groups in total. The van der Waals surface area contributed by atoms with Gasteiger partial charge in [0.25, 0.3) is 0 Å². The molecule has 112 valence electrons. The fraction of sp³-hybridized carbons (Fsp3) is 0.444. The van der Waals surface area contributed by atoms with Crippen molar-refractivity contribution in [2.45, 2.75) is 45.1 Å². The van der Waals surface area contributed by atoms with E-state index in [1.165, 1.54) is 36.1 Å². The number of hydrogen-bond donors (Lipinski definition) is 1. The summed E-state index contributed by atoms with van der Waals surface area (Å²) in [5.74, 6) is -0.149.